The van der Waals surface area contributed by atoms with E-state index in [1.165, 1.54) is 103 Å². The van der Waals surface area contributed by atoms with Crippen LogP contribution in [-0.2, 0) is 19.1 Å². The molecule has 4 N–H and O–H groups in total. The molecule has 2 unspecified atom stereocenters. The van der Waals surface area contributed by atoms with E-state index < -0.39 is 12.0 Å². The molecule has 0 aliphatic heterocycles. The highest BCUT2D eigenvalue weighted by atomic mass is 16.5. The lowest BCUT2D eigenvalue weighted by Crippen LogP contribution is -2.40. The molecule has 0 radical (unpaired) electrons. The second-order valence-corrected chi connectivity index (χ2v) is 14.8. The molecule has 0 heterocycles. The molecular formula is C45H82N2O5. The predicted molar refractivity (Wildman–Crippen MR) is 220 cm³/mol. The van der Waals surface area contributed by atoms with E-state index in [4.69, 9.17) is 10.5 Å². The maximum absolute atomic E-state index is 12.6. The predicted octanol–water partition coefficient (Wildman–Crippen LogP) is 12.2. The van der Waals surface area contributed by atoms with Gasteiger partial charge in [-0.1, -0.05) is 147 Å². The van der Waals surface area contributed by atoms with Gasteiger partial charge in [-0.25, -0.2) is 4.79 Å². The van der Waals surface area contributed by atoms with Crippen LogP contribution in [0.5, 0.6) is 0 Å². The van der Waals surface area contributed by atoms with Crippen LogP contribution in [0, 0.1) is 0 Å². The number of nitrogens with two attached hydrogens (primary N) is 1. The molecule has 0 aliphatic carbocycles. The zero-order chi connectivity index (χ0) is 38.2. The standard InChI is InChI=1S/C45H82N2O5/c1-3-5-7-9-10-11-12-13-14-15-16-17-18-19-20-21-22-23-24-25-26-27-33-39-44(49)52-41(35-30-8-6-4-2)36-31-28-29-32-38-43(48)47-42(45(50)51)37-34-40-46/h12-13,15-16,18-19,41-42H,3-11,14,17,20-40,46H2,1-2H3,(H,47,48)(H,50,51)/b13-12-,16-15-,19-18-. The van der Waals surface area contributed by atoms with E-state index in [1.54, 1.807) is 0 Å². The topological polar surface area (TPSA) is 119 Å². The van der Waals surface area contributed by atoms with E-state index in [-0.39, 0.29) is 18.0 Å². The lowest BCUT2D eigenvalue weighted by atomic mass is 10.0. The maximum atomic E-state index is 12.6. The number of rotatable bonds is 39. The average Bonchev–Trinajstić information content (AvgIpc) is 3.13. The third-order valence-corrected chi connectivity index (χ3v) is 9.71. The first-order valence-electron chi connectivity index (χ1n) is 21.8. The summed E-state index contributed by atoms with van der Waals surface area (Å²) in [4.78, 5) is 36.2. The van der Waals surface area contributed by atoms with Gasteiger partial charge in [-0.15, -0.1) is 0 Å². The lowest BCUT2D eigenvalue weighted by molar-refractivity contribution is -0.150. The minimum absolute atomic E-state index is 0.0141. The smallest absolute Gasteiger partial charge is 0.326 e. The highest BCUT2D eigenvalue weighted by Gasteiger charge is 2.19. The molecular weight excluding hydrogens is 649 g/mol. The third-order valence-electron chi connectivity index (χ3n) is 9.71. The quantitative estimate of drug-likeness (QED) is 0.0329. The number of nitrogens with one attached hydrogen (secondary N) is 1. The Bertz CT molecular complexity index is 915. The molecule has 0 bridgehead atoms. The summed E-state index contributed by atoms with van der Waals surface area (Å²) in [6.07, 6.45) is 46.5. The van der Waals surface area contributed by atoms with Crippen LogP contribution >= 0.6 is 0 Å². The molecule has 0 spiro atoms. The van der Waals surface area contributed by atoms with E-state index in [9.17, 15) is 19.5 Å². The van der Waals surface area contributed by atoms with Gasteiger partial charge in [0.15, 0.2) is 0 Å². The van der Waals surface area contributed by atoms with E-state index in [2.05, 4.69) is 55.6 Å². The molecule has 7 nitrogen and oxygen atoms in total. The molecule has 0 saturated heterocycles. The monoisotopic (exact) mass is 731 g/mol. The molecule has 0 aromatic heterocycles. The fraction of sp³-hybridized carbons (Fsp3) is 0.800. The molecule has 7 heteroatoms. The van der Waals surface area contributed by atoms with Gasteiger partial charge in [0.25, 0.3) is 0 Å². The van der Waals surface area contributed by atoms with Crippen LogP contribution in [0.1, 0.15) is 213 Å². The Kier molecular flexibility index (Phi) is 37.9. The van der Waals surface area contributed by atoms with Crippen LogP contribution in [0.4, 0.5) is 0 Å². The van der Waals surface area contributed by atoms with Gasteiger partial charge >= 0.3 is 11.9 Å². The van der Waals surface area contributed by atoms with Crippen molar-refractivity contribution >= 4 is 17.8 Å². The minimum atomic E-state index is -1.01. The van der Waals surface area contributed by atoms with E-state index >= 15 is 0 Å². The van der Waals surface area contributed by atoms with Crippen molar-refractivity contribution in [3.8, 4) is 0 Å². The summed E-state index contributed by atoms with van der Waals surface area (Å²) >= 11 is 0. The van der Waals surface area contributed by atoms with E-state index in [0.717, 1.165) is 70.6 Å². The Hall–Kier alpha value is -2.41. The summed E-state index contributed by atoms with van der Waals surface area (Å²) in [5.41, 5.74) is 5.47. The molecule has 52 heavy (non-hydrogen) atoms. The molecule has 0 saturated carbocycles. The third kappa shape index (κ3) is 36.0. The van der Waals surface area contributed by atoms with Gasteiger partial charge < -0.3 is 20.9 Å². The number of allylic oxidation sites excluding steroid dienone is 6. The van der Waals surface area contributed by atoms with Crippen LogP contribution in [0.3, 0.4) is 0 Å². The van der Waals surface area contributed by atoms with Crippen LogP contribution in [-0.4, -0.2) is 41.6 Å². The lowest BCUT2D eigenvalue weighted by Gasteiger charge is -2.18. The van der Waals surface area contributed by atoms with Gasteiger partial charge in [0, 0.05) is 12.8 Å². The number of carboxylic acid groups (broad SMARTS) is 1. The second-order valence-electron chi connectivity index (χ2n) is 14.8. The number of carboxylic acids is 1. The normalized spacial score (nSPS) is 13.0. The van der Waals surface area contributed by atoms with Crippen molar-refractivity contribution in [1.82, 2.24) is 5.32 Å². The van der Waals surface area contributed by atoms with Gasteiger partial charge in [0.05, 0.1) is 0 Å². The van der Waals surface area contributed by atoms with Crippen molar-refractivity contribution < 1.29 is 24.2 Å². The summed E-state index contributed by atoms with van der Waals surface area (Å²) < 4.78 is 5.94. The SMILES string of the molecule is CCCCCCC/C=C\C/C=C\C/C=C\CCCCCCCCCCC(=O)OC(CCCCCC)CCCCCCC(=O)NC(CCCN)C(=O)O. The van der Waals surface area contributed by atoms with Crippen molar-refractivity contribution in [2.75, 3.05) is 6.54 Å². The van der Waals surface area contributed by atoms with Gasteiger partial charge in [0.1, 0.15) is 12.1 Å². The molecule has 1 amide bonds. The Labute approximate surface area is 320 Å². The summed E-state index contributed by atoms with van der Waals surface area (Å²) in [6, 6.07) is -0.863. The summed E-state index contributed by atoms with van der Waals surface area (Å²) in [5.74, 6) is -1.28. The Morgan fingerprint density at radius 2 is 1.00 bits per heavy atom. The number of aliphatic carboxylic acids is 1. The highest BCUT2D eigenvalue weighted by molar-refractivity contribution is 5.83. The van der Waals surface area contributed by atoms with Crippen LogP contribution in [0.2, 0.25) is 0 Å². The van der Waals surface area contributed by atoms with Crippen molar-refractivity contribution in [2.24, 2.45) is 5.73 Å². The zero-order valence-corrected chi connectivity index (χ0v) is 33.9. The number of hydrogen-bond acceptors (Lipinski definition) is 5. The number of esters is 1. The van der Waals surface area contributed by atoms with Gasteiger partial charge in [-0.2, -0.15) is 0 Å². The fourth-order valence-corrected chi connectivity index (χ4v) is 6.40. The number of carbonyl (C=O) groups excluding carboxylic acids is 2. The Morgan fingerprint density at radius 1 is 0.558 bits per heavy atom. The molecule has 0 aromatic rings. The summed E-state index contributed by atoms with van der Waals surface area (Å²) in [7, 11) is 0. The first kappa shape index (κ1) is 49.6. The van der Waals surface area contributed by atoms with Gasteiger partial charge in [-0.05, 0) is 96.4 Å². The molecule has 0 rings (SSSR count). The van der Waals surface area contributed by atoms with Crippen molar-refractivity contribution in [1.29, 1.82) is 0 Å². The first-order chi connectivity index (χ1) is 25.4. The Morgan fingerprint density at radius 3 is 1.52 bits per heavy atom. The number of carbonyl (C=O) groups is 3. The molecule has 2 atom stereocenters. The van der Waals surface area contributed by atoms with Crippen LogP contribution < -0.4 is 11.1 Å². The maximum Gasteiger partial charge on any atom is 0.326 e. The second kappa shape index (κ2) is 39.8. The fourth-order valence-electron chi connectivity index (χ4n) is 6.40. The van der Waals surface area contributed by atoms with E-state index in [0.29, 0.717) is 32.2 Å². The molecule has 0 fully saturated rings. The minimum Gasteiger partial charge on any atom is -0.480 e. The molecule has 0 aliphatic rings. The highest BCUT2D eigenvalue weighted by Crippen LogP contribution is 2.18. The van der Waals surface area contributed by atoms with Gasteiger partial charge in [-0.3, -0.25) is 9.59 Å². The summed E-state index contributed by atoms with van der Waals surface area (Å²) in [6.45, 7) is 4.88. The Balaban J connectivity index is 3.93. The van der Waals surface area contributed by atoms with Crippen molar-refractivity contribution in [3.05, 3.63) is 36.5 Å². The number of ether oxygens (including phenoxy) is 1. The van der Waals surface area contributed by atoms with Gasteiger partial charge in [0.2, 0.25) is 5.91 Å². The number of unbranched alkanes of at least 4 members (excludes halogenated alkanes) is 19. The van der Waals surface area contributed by atoms with Crippen molar-refractivity contribution in [3.63, 3.8) is 0 Å². The molecule has 302 valence electrons. The number of amides is 1. The number of hydrogen-bond donors (Lipinski definition) is 3. The van der Waals surface area contributed by atoms with Crippen LogP contribution in [0.25, 0.3) is 0 Å². The molecule has 0 aromatic carbocycles. The van der Waals surface area contributed by atoms with E-state index in [1.807, 2.05) is 0 Å². The van der Waals surface area contributed by atoms with Crippen molar-refractivity contribution in [2.45, 2.75) is 225 Å². The first-order valence-corrected chi connectivity index (χ1v) is 21.8. The zero-order valence-electron chi connectivity index (χ0n) is 33.9. The largest absolute Gasteiger partial charge is 0.480 e. The average molecular weight is 731 g/mol. The summed E-state index contributed by atoms with van der Waals surface area (Å²) in [5, 5.41) is 11.9. The van der Waals surface area contributed by atoms with Crippen LogP contribution in [0.15, 0.2) is 36.5 Å².